The molecular formula is C22H19F2N3O3. The lowest BCUT2D eigenvalue weighted by Gasteiger charge is -2.09. The first kappa shape index (κ1) is 20.9. The molecular weight excluding hydrogens is 392 g/mol. The average Bonchev–Trinajstić information content (AvgIpc) is 2.74. The summed E-state index contributed by atoms with van der Waals surface area (Å²) in [5.41, 5.74) is 1.36. The molecule has 154 valence electrons. The van der Waals surface area contributed by atoms with Crippen LogP contribution in [0.25, 0.3) is 0 Å². The SMILES string of the molecule is CCON=C(C)c1cccc(Oc2cccc(C(=O)Nc3ccc(F)cc3F)n2)c1. The lowest BCUT2D eigenvalue weighted by atomic mass is 10.1. The minimum atomic E-state index is -0.878. The van der Waals surface area contributed by atoms with Gasteiger partial charge in [0.2, 0.25) is 5.88 Å². The number of amides is 1. The van der Waals surface area contributed by atoms with Crippen LogP contribution in [-0.4, -0.2) is 23.2 Å². The molecule has 1 aromatic heterocycles. The van der Waals surface area contributed by atoms with Gasteiger partial charge in [0.05, 0.1) is 11.4 Å². The van der Waals surface area contributed by atoms with E-state index in [0.717, 1.165) is 17.7 Å². The highest BCUT2D eigenvalue weighted by atomic mass is 19.1. The predicted octanol–water partition coefficient (Wildman–Crippen LogP) is 5.16. The number of nitrogens with one attached hydrogen (secondary N) is 1. The van der Waals surface area contributed by atoms with Crippen LogP contribution in [0, 0.1) is 11.6 Å². The third-order valence-corrected chi connectivity index (χ3v) is 3.94. The maximum Gasteiger partial charge on any atom is 0.274 e. The molecule has 3 aromatic rings. The first-order valence-corrected chi connectivity index (χ1v) is 9.14. The number of aromatic nitrogens is 1. The zero-order chi connectivity index (χ0) is 21.5. The Labute approximate surface area is 172 Å². The molecule has 0 spiro atoms. The second-order valence-corrected chi connectivity index (χ2v) is 6.16. The first-order chi connectivity index (χ1) is 14.5. The lowest BCUT2D eigenvalue weighted by Crippen LogP contribution is -2.14. The highest BCUT2D eigenvalue weighted by molar-refractivity contribution is 6.03. The number of ether oxygens (including phenoxy) is 1. The van der Waals surface area contributed by atoms with Crippen molar-refractivity contribution in [3.05, 3.63) is 83.6 Å². The second kappa shape index (κ2) is 9.60. The Bertz CT molecular complexity index is 1090. The molecule has 0 atom stereocenters. The zero-order valence-electron chi connectivity index (χ0n) is 16.4. The van der Waals surface area contributed by atoms with Crippen molar-refractivity contribution in [3.8, 4) is 11.6 Å². The molecule has 1 heterocycles. The molecule has 6 nitrogen and oxygen atoms in total. The zero-order valence-corrected chi connectivity index (χ0v) is 16.4. The Morgan fingerprint density at radius 2 is 1.90 bits per heavy atom. The summed E-state index contributed by atoms with van der Waals surface area (Å²) in [5.74, 6) is -1.59. The summed E-state index contributed by atoms with van der Waals surface area (Å²) in [4.78, 5) is 21.6. The van der Waals surface area contributed by atoms with E-state index >= 15 is 0 Å². The number of anilines is 1. The number of carbonyl (C=O) groups excluding carboxylic acids is 1. The van der Waals surface area contributed by atoms with Gasteiger partial charge in [-0.2, -0.15) is 0 Å². The second-order valence-electron chi connectivity index (χ2n) is 6.16. The molecule has 0 aliphatic carbocycles. The van der Waals surface area contributed by atoms with Crippen molar-refractivity contribution in [2.24, 2.45) is 5.16 Å². The number of benzene rings is 2. The molecule has 0 bridgehead atoms. The van der Waals surface area contributed by atoms with Gasteiger partial charge >= 0.3 is 0 Å². The Kier molecular flexibility index (Phi) is 6.69. The van der Waals surface area contributed by atoms with Crippen molar-refractivity contribution in [3.63, 3.8) is 0 Å². The molecule has 0 radical (unpaired) electrons. The van der Waals surface area contributed by atoms with Crippen molar-refractivity contribution >= 4 is 17.3 Å². The van der Waals surface area contributed by atoms with E-state index in [2.05, 4.69) is 15.5 Å². The monoisotopic (exact) mass is 411 g/mol. The number of halogens is 2. The molecule has 0 fully saturated rings. The van der Waals surface area contributed by atoms with Gasteiger partial charge in [0.15, 0.2) is 0 Å². The lowest BCUT2D eigenvalue weighted by molar-refractivity contribution is 0.102. The third kappa shape index (κ3) is 5.38. The number of nitrogens with zero attached hydrogens (tertiary/aromatic N) is 2. The van der Waals surface area contributed by atoms with Crippen LogP contribution < -0.4 is 10.1 Å². The van der Waals surface area contributed by atoms with E-state index in [0.29, 0.717) is 24.1 Å². The fourth-order valence-electron chi connectivity index (χ4n) is 2.49. The fourth-order valence-corrected chi connectivity index (χ4v) is 2.49. The van der Waals surface area contributed by atoms with Gasteiger partial charge in [-0.15, -0.1) is 0 Å². The molecule has 3 rings (SSSR count). The Balaban J connectivity index is 1.75. The highest BCUT2D eigenvalue weighted by Gasteiger charge is 2.13. The van der Waals surface area contributed by atoms with Gasteiger partial charge in [-0.3, -0.25) is 4.79 Å². The summed E-state index contributed by atoms with van der Waals surface area (Å²) >= 11 is 0. The first-order valence-electron chi connectivity index (χ1n) is 9.14. The average molecular weight is 411 g/mol. The van der Waals surface area contributed by atoms with Gasteiger partial charge in [-0.05, 0) is 44.2 Å². The number of hydrogen-bond acceptors (Lipinski definition) is 5. The van der Waals surface area contributed by atoms with Crippen molar-refractivity contribution in [1.82, 2.24) is 4.98 Å². The molecule has 0 saturated carbocycles. The Morgan fingerprint density at radius 1 is 1.10 bits per heavy atom. The smallest absolute Gasteiger partial charge is 0.274 e. The van der Waals surface area contributed by atoms with Crippen molar-refractivity contribution in [1.29, 1.82) is 0 Å². The molecule has 8 heteroatoms. The van der Waals surface area contributed by atoms with Crippen LogP contribution in [0.3, 0.4) is 0 Å². The van der Waals surface area contributed by atoms with Crippen LogP contribution in [0.2, 0.25) is 0 Å². The van der Waals surface area contributed by atoms with E-state index in [1.54, 1.807) is 30.3 Å². The van der Waals surface area contributed by atoms with E-state index in [4.69, 9.17) is 9.57 Å². The van der Waals surface area contributed by atoms with Gasteiger partial charge < -0.3 is 14.9 Å². The number of pyridine rings is 1. The molecule has 0 unspecified atom stereocenters. The standard InChI is InChI=1S/C22H19F2N3O3/c1-3-29-27-14(2)15-6-4-7-17(12-15)30-21-9-5-8-20(25-21)22(28)26-19-11-10-16(23)13-18(19)24/h4-13H,3H2,1-2H3,(H,26,28). The van der Waals surface area contributed by atoms with E-state index in [-0.39, 0.29) is 17.3 Å². The maximum absolute atomic E-state index is 13.8. The van der Waals surface area contributed by atoms with Crippen LogP contribution >= 0.6 is 0 Å². The van der Waals surface area contributed by atoms with Gasteiger partial charge in [-0.25, -0.2) is 13.8 Å². The van der Waals surface area contributed by atoms with E-state index in [9.17, 15) is 13.6 Å². The molecule has 1 amide bonds. The third-order valence-electron chi connectivity index (χ3n) is 3.94. The van der Waals surface area contributed by atoms with Gasteiger partial charge in [-0.1, -0.05) is 23.4 Å². The number of hydrogen-bond donors (Lipinski definition) is 1. The van der Waals surface area contributed by atoms with Crippen molar-refractivity contribution in [2.45, 2.75) is 13.8 Å². The maximum atomic E-state index is 13.8. The topological polar surface area (TPSA) is 72.8 Å². The highest BCUT2D eigenvalue weighted by Crippen LogP contribution is 2.22. The molecule has 1 N–H and O–H groups in total. The minimum Gasteiger partial charge on any atom is -0.439 e. The number of rotatable bonds is 7. The van der Waals surface area contributed by atoms with E-state index in [1.807, 2.05) is 19.9 Å². The minimum absolute atomic E-state index is 0.0152. The van der Waals surface area contributed by atoms with Crippen LogP contribution in [0.15, 0.2) is 65.8 Å². The molecule has 30 heavy (non-hydrogen) atoms. The van der Waals surface area contributed by atoms with Gasteiger partial charge in [0.1, 0.15) is 29.7 Å². The van der Waals surface area contributed by atoms with E-state index in [1.165, 1.54) is 6.07 Å². The quantitative estimate of drug-likeness (QED) is 0.430. The Morgan fingerprint density at radius 3 is 2.67 bits per heavy atom. The number of oxime groups is 1. The largest absolute Gasteiger partial charge is 0.439 e. The molecule has 0 aliphatic heterocycles. The summed E-state index contributed by atoms with van der Waals surface area (Å²) in [6, 6.07) is 14.7. The van der Waals surface area contributed by atoms with E-state index < -0.39 is 17.5 Å². The molecule has 0 aliphatic rings. The Hall–Kier alpha value is -3.81. The number of carbonyl (C=O) groups is 1. The van der Waals surface area contributed by atoms with Gasteiger partial charge in [0, 0.05) is 17.7 Å². The summed E-state index contributed by atoms with van der Waals surface area (Å²) in [7, 11) is 0. The normalized spacial score (nSPS) is 11.1. The summed E-state index contributed by atoms with van der Waals surface area (Å²) in [5, 5.41) is 6.35. The predicted molar refractivity (Wildman–Crippen MR) is 109 cm³/mol. The van der Waals surface area contributed by atoms with Gasteiger partial charge in [0.25, 0.3) is 5.91 Å². The van der Waals surface area contributed by atoms with Crippen LogP contribution in [0.1, 0.15) is 29.9 Å². The van der Waals surface area contributed by atoms with Crippen molar-refractivity contribution < 1.29 is 23.1 Å². The molecule has 0 saturated heterocycles. The fraction of sp³-hybridized carbons (Fsp3) is 0.136. The van der Waals surface area contributed by atoms with Crippen LogP contribution in [-0.2, 0) is 4.84 Å². The van der Waals surface area contributed by atoms with Crippen molar-refractivity contribution in [2.75, 3.05) is 11.9 Å². The van der Waals surface area contributed by atoms with Crippen LogP contribution in [0.4, 0.5) is 14.5 Å². The summed E-state index contributed by atoms with van der Waals surface area (Å²) in [6.07, 6.45) is 0. The molecule has 2 aromatic carbocycles. The summed E-state index contributed by atoms with van der Waals surface area (Å²) < 4.78 is 32.5. The summed E-state index contributed by atoms with van der Waals surface area (Å²) in [6.45, 7) is 4.12. The van der Waals surface area contributed by atoms with Crippen LogP contribution in [0.5, 0.6) is 11.6 Å².